The van der Waals surface area contributed by atoms with Crippen LogP contribution in [0.2, 0.25) is 5.02 Å². The Labute approximate surface area is 264 Å². The fraction of sp³-hybridized carbons (Fsp3) is 0.606. The summed E-state index contributed by atoms with van der Waals surface area (Å²) in [6.45, 7) is 12.7. The number of fused-ring (bicyclic) bond motifs is 5. The normalized spacial score (nSPS) is 35.0. The van der Waals surface area contributed by atoms with E-state index in [1.807, 2.05) is 39.0 Å². The van der Waals surface area contributed by atoms with Crippen molar-refractivity contribution in [1.82, 2.24) is 5.32 Å². The number of anilines is 1. The molecule has 7 atom stereocenters. The number of rotatable bonds is 2. The van der Waals surface area contributed by atoms with E-state index in [-0.39, 0.29) is 18.7 Å². The molecule has 4 bridgehead atoms. The van der Waals surface area contributed by atoms with Crippen LogP contribution in [0.15, 0.2) is 35.9 Å². The summed E-state index contributed by atoms with van der Waals surface area (Å²) in [7, 11) is 3.11. The van der Waals surface area contributed by atoms with Gasteiger partial charge in [-0.05, 0) is 65.2 Å². The number of methoxy groups -OCH3 is 1. The number of hydrogen-bond acceptors (Lipinski definition) is 8. The Morgan fingerprint density at radius 2 is 1.91 bits per heavy atom. The number of aryl methyl sites for hydroxylation is 1. The summed E-state index contributed by atoms with van der Waals surface area (Å²) in [4.78, 5) is 41.1. The molecule has 4 rings (SSSR count). The van der Waals surface area contributed by atoms with E-state index in [2.05, 4.69) is 5.32 Å². The number of benzene rings is 1. The first-order valence-electron chi connectivity index (χ1n) is 14.9. The van der Waals surface area contributed by atoms with Crippen molar-refractivity contribution < 1.29 is 38.4 Å². The van der Waals surface area contributed by atoms with Crippen molar-refractivity contribution in [2.45, 2.75) is 103 Å². The van der Waals surface area contributed by atoms with Gasteiger partial charge >= 0.3 is 12.1 Å². The molecule has 0 aliphatic carbocycles. The Balaban J connectivity index is 1.79. The monoisotopic (exact) mass is 632 g/mol. The van der Waals surface area contributed by atoms with E-state index in [9.17, 15) is 19.5 Å². The number of ether oxygens (including phenoxy) is 4. The molecule has 11 heteroatoms. The highest BCUT2D eigenvalue weighted by Gasteiger charge is 2.64. The van der Waals surface area contributed by atoms with Crippen LogP contribution in [0.3, 0.4) is 0 Å². The molecule has 3 aliphatic heterocycles. The predicted octanol–water partition coefficient (Wildman–Crippen LogP) is 5.01. The first kappa shape index (κ1) is 34.0. The van der Waals surface area contributed by atoms with Crippen LogP contribution in [-0.4, -0.2) is 73.0 Å². The lowest BCUT2D eigenvalue weighted by molar-refractivity contribution is -0.163. The molecular weight excluding hydrogens is 588 g/mol. The maximum Gasteiger partial charge on any atom is 0.409 e. The Hall–Kier alpha value is -2.92. The maximum atomic E-state index is 13.8. The second kappa shape index (κ2) is 12.5. The van der Waals surface area contributed by atoms with Crippen molar-refractivity contribution >= 4 is 35.3 Å². The van der Waals surface area contributed by atoms with Crippen LogP contribution in [0.1, 0.15) is 65.5 Å². The maximum absolute atomic E-state index is 13.8. The molecule has 0 radical (unpaired) electrons. The zero-order valence-electron chi connectivity index (χ0n) is 27.0. The molecule has 10 nitrogen and oxygen atoms in total. The van der Waals surface area contributed by atoms with Gasteiger partial charge in [-0.15, -0.1) is 0 Å². The number of epoxide rings is 1. The van der Waals surface area contributed by atoms with E-state index in [1.54, 1.807) is 46.9 Å². The molecule has 2 amide bonds. The highest BCUT2D eigenvalue weighted by molar-refractivity contribution is 6.34. The van der Waals surface area contributed by atoms with Gasteiger partial charge in [-0.3, -0.25) is 14.9 Å². The summed E-state index contributed by atoms with van der Waals surface area (Å²) in [6, 6.07) is 3.86. The van der Waals surface area contributed by atoms with Gasteiger partial charge in [0, 0.05) is 26.5 Å². The number of carbonyl (C=O) groups is 3. The van der Waals surface area contributed by atoms with E-state index in [1.165, 1.54) is 12.0 Å². The van der Waals surface area contributed by atoms with Gasteiger partial charge in [-0.25, -0.2) is 4.79 Å². The topological polar surface area (TPSA) is 127 Å². The summed E-state index contributed by atoms with van der Waals surface area (Å²) in [5.41, 5.74) is -0.314. The Morgan fingerprint density at radius 3 is 2.55 bits per heavy atom. The highest BCUT2D eigenvalue weighted by atomic mass is 35.5. The molecule has 0 unspecified atom stereocenters. The average molecular weight is 633 g/mol. The van der Waals surface area contributed by atoms with Gasteiger partial charge in [0.1, 0.15) is 23.9 Å². The second-order valence-corrected chi connectivity index (χ2v) is 13.9. The molecule has 3 aliphatic rings. The van der Waals surface area contributed by atoms with Crippen LogP contribution in [0.4, 0.5) is 10.5 Å². The lowest BCUT2D eigenvalue weighted by atomic mass is 9.83. The fourth-order valence-corrected chi connectivity index (χ4v) is 6.18. The smallest absolute Gasteiger partial charge is 0.409 e. The molecule has 0 saturated carbocycles. The number of alkyl carbamates (subject to hydrolysis) is 1. The van der Waals surface area contributed by atoms with Crippen LogP contribution in [0, 0.1) is 18.3 Å². The van der Waals surface area contributed by atoms with E-state index < -0.39 is 59.1 Å². The molecule has 44 heavy (non-hydrogen) atoms. The zero-order chi connectivity index (χ0) is 32.8. The minimum Gasteiger partial charge on any atom is -0.458 e. The predicted molar refractivity (Wildman–Crippen MR) is 166 cm³/mol. The second-order valence-electron chi connectivity index (χ2n) is 13.6. The van der Waals surface area contributed by atoms with Gasteiger partial charge in [-0.2, -0.15) is 0 Å². The largest absolute Gasteiger partial charge is 0.458 e. The zero-order valence-corrected chi connectivity index (χ0v) is 27.8. The lowest BCUT2D eigenvalue weighted by Gasteiger charge is -2.42. The van der Waals surface area contributed by atoms with Crippen molar-refractivity contribution in [1.29, 1.82) is 0 Å². The fourth-order valence-electron chi connectivity index (χ4n) is 5.95. The summed E-state index contributed by atoms with van der Waals surface area (Å²) >= 11 is 6.71. The van der Waals surface area contributed by atoms with Crippen molar-refractivity contribution in [2.24, 2.45) is 11.3 Å². The van der Waals surface area contributed by atoms with Crippen molar-refractivity contribution in [3.63, 3.8) is 0 Å². The number of halogens is 1. The van der Waals surface area contributed by atoms with Crippen molar-refractivity contribution in [3.8, 4) is 0 Å². The minimum atomic E-state index is -1.76. The molecule has 2 fully saturated rings. The molecule has 2 saturated heterocycles. The van der Waals surface area contributed by atoms with Crippen LogP contribution in [0.25, 0.3) is 0 Å². The van der Waals surface area contributed by atoms with Crippen LogP contribution in [0.5, 0.6) is 0 Å². The van der Waals surface area contributed by atoms with Gasteiger partial charge in [0.25, 0.3) is 0 Å². The Morgan fingerprint density at radius 1 is 1.23 bits per heavy atom. The highest BCUT2D eigenvalue weighted by Crippen LogP contribution is 2.49. The summed E-state index contributed by atoms with van der Waals surface area (Å²) in [5.74, 6) is -1.22. The quantitative estimate of drug-likeness (QED) is 0.344. The van der Waals surface area contributed by atoms with E-state index in [4.69, 9.17) is 30.5 Å². The van der Waals surface area contributed by atoms with E-state index in [0.717, 1.165) is 16.7 Å². The third-order valence-corrected chi connectivity index (χ3v) is 9.30. The average Bonchev–Trinajstić information content (AvgIpc) is 3.62. The van der Waals surface area contributed by atoms with Gasteiger partial charge in [0.15, 0.2) is 5.72 Å². The molecule has 1 aromatic carbocycles. The van der Waals surface area contributed by atoms with Crippen molar-refractivity contribution in [3.05, 3.63) is 52.1 Å². The van der Waals surface area contributed by atoms with E-state index >= 15 is 0 Å². The standard InChI is InChI=1S/C33H45ClN2O8/c1-18-11-10-12-24(41-9)33(40)17-23(42-30(39)35-33)20(3)28-32(7,44-28)25(43-29(38)31(4,5)6)16-26(37)36(8)22-15-21(13-18)14-19(2)27(22)34/h10-12,14-15,20,23-25,28,40H,13,16-17H2,1-9H3,(H,35,39)/b12-10+,18-11+/t20-,23+,24-,25+,28+,32+,33+/m1/s1. The number of nitrogens with zero attached hydrogens (tertiary/aromatic N) is 1. The summed E-state index contributed by atoms with van der Waals surface area (Å²) in [5, 5.41) is 14.6. The number of carbonyl (C=O) groups excluding carboxylic acids is 3. The molecule has 242 valence electrons. The minimum absolute atomic E-state index is 0.0130. The Kier molecular flexibility index (Phi) is 9.62. The molecular formula is C33H45ClN2O8. The van der Waals surface area contributed by atoms with E-state index in [0.29, 0.717) is 17.1 Å². The van der Waals surface area contributed by atoms with Crippen LogP contribution in [-0.2, 0) is 35.0 Å². The van der Waals surface area contributed by atoms with Gasteiger partial charge in [0.05, 0.1) is 28.6 Å². The number of amides is 2. The number of esters is 1. The van der Waals surface area contributed by atoms with Gasteiger partial charge < -0.3 is 29.0 Å². The first-order valence-corrected chi connectivity index (χ1v) is 15.3. The molecule has 2 N–H and O–H groups in total. The molecule has 1 aromatic rings. The molecule has 3 heterocycles. The number of aliphatic hydroxyl groups is 1. The number of allylic oxidation sites excluding steroid dienone is 3. The van der Waals surface area contributed by atoms with Gasteiger partial charge in [0.2, 0.25) is 5.91 Å². The first-order chi connectivity index (χ1) is 20.4. The third-order valence-electron chi connectivity index (χ3n) is 8.81. The van der Waals surface area contributed by atoms with Crippen LogP contribution < -0.4 is 10.2 Å². The summed E-state index contributed by atoms with van der Waals surface area (Å²) in [6.07, 6.45) is 1.88. The van der Waals surface area contributed by atoms with Gasteiger partial charge in [-0.1, -0.05) is 48.4 Å². The lowest BCUT2D eigenvalue weighted by Crippen LogP contribution is -2.63. The number of nitrogens with one attached hydrogen (secondary N) is 1. The van der Waals surface area contributed by atoms with Crippen LogP contribution >= 0.6 is 11.6 Å². The van der Waals surface area contributed by atoms with Crippen molar-refractivity contribution in [2.75, 3.05) is 19.1 Å². The number of hydrogen-bond donors (Lipinski definition) is 2. The summed E-state index contributed by atoms with van der Waals surface area (Å²) < 4.78 is 23.4. The molecule has 0 aromatic heterocycles. The third kappa shape index (κ3) is 6.98. The Bertz CT molecular complexity index is 1370. The molecule has 0 spiro atoms. The SMILES string of the molecule is CO[C@@H]1/C=C/C=C(\C)Cc2cc(C)c(Cl)c(c2)N(C)C(=O)C[C@H](OC(=O)C(C)(C)C)[C@]2(C)O[C@H]2[C@H](C)[C@@H]2C[C@@]1(O)NC(=O)O2.